The fourth-order valence-electron chi connectivity index (χ4n) is 3.29. The quantitative estimate of drug-likeness (QED) is 0.397. The molecule has 0 atom stereocenters. The summed E-state index contributed by atoms with van der Waals surface area (Å²) in [6, 6.07) is 14.7. The Morgan fingerprint density at radius 1 is 1.12 bits per heavy atom. The van der Waals surface area contributed by atoms with Gasteiger partial charge in [-0.05, 0) is 36.8 Å². The van der Waals surface area contributed by atoms with Crippen LogP contribution in [0.25, 0.3) is 16.9 Å². The van der Waals surface area contributed by atoms with E-state index in [1.807, 2.05) is 48.7 Å². The van der Waals surface area contributed by atoms with Crippen LogP contribution in [0, 0.1) is 0 Å². The van der Waals surface area contributed by atoms with E-state index in [4.69, 9.17) is 11.6 Å². The second-order valence-corrected chi connectivity index (χ2v) is 8.30. The van der Waals surface area contributed by atoms with E-state index < -0.39 is 0 Å². The first kappa shape index (κ1) is 21.7. The molecule has 2 aromatic carbocycles. The van der Waals surface area contributed by atoms with Crippen molar-refractivity contribution < 1.29 is 9.59 Å². The molecule has 0 bridgehead atoms. The molecule has 0 radical (unpaired) electrons. The molecular weight excluding hydrogens is 446 g/mol. The molecule has 2 N–H and O–H groups in total. The van der Waals surface area contributed by atoms with Gasteiger partial charge in [-0.2, -0.15) is 5.10 Å². The predicted octanol–water partition coefficient (Wildman–Crippen LogP) is 5.42. The second kappa shape index (κ2) is 9.33. The van der Waals surface area contributed by atoms with Crippen LogP contribution in [0.1, 0.15) is 29.9 Å². The van der Waals surface area contributed by atoms with Gasteiger partial charge in [-0.25, -0.2) is 9.67 Å². The SMILES string of the molecule is CCc1c(C(=O)Nc2nc(-c3ccc(NC(C)=O)cc3)cs2)cnn1-c1cccc(Cl)c1. The number of rotatable bonds is 6. The van der Waals surface area contributed by atoms with Crippen molar-refractivity contribution in [3.05, 3.63) is 76.4 Å². The van der Waals surface area contributed by atoms with Gasteiger partial charge in [0.25, 0.3) is 5.91 Å². The number of aromatic nitrogens is 3. The summed E-state index contributed by atoms with van der Waals surface area (Å²) in [5.41, 5.74) is 4.42. The highest BCUT2D eigenvalue weighted by Gasteiger charge is 2.18. The molecule has 0 unspecified atom stereocenters. The predicted molar refractivity (Wildman–Crippen MR) is 128 cm³/mol. The van der Waals surface area contributed by atoms with Crippen molar-refractivity contribution in [3.63, 3.8) is 0 Å². The normalized spacial score (nSPS) is 10.7. The van der Waals surface area contributed by atoms with E-state index in [0.717, 1.165) is 22.6 Å². The summed E-state index contributed by atoms with van der Waals surface area (Å²) in [4.78, 5) is 28.6. The summed E-state index contributed by atoms with van der Waals surface area (Å²) in [7, 11) is 0. The molecule has 4 rings (SSSR count). The van der Waals surface area contributed by atoms with Gasteiger partial charge in [-0.15, -0.1) is 11.3 Å². The maximum atomic E-state index is 12.9. The number of hydrogen-bond donors (Lipinski definition) is 2. The molecule has 2 amide bonds. The average Bonchev–Trinajstić information content (AvgIpc) is 3.41. The molecule has 7 nitrogen and oxygen atoms in total. The zero-order chi connectivity index (χ0) is 22.7. The minimum atomic E-state index is -0.267. The standard InChI is InChI=1S/C23H20ClN5O2S/c1-3-21-19(12-25-29(21)18-6-4-5-16(24)11-18)22(31)28-23-27-20(13-32-23)15-7-9-17(10-8-15)26-14(2)30/h4-13H,3H2,1-2H3,(H,26,30)(H,27,28,31). The van der Waals surface area contributed by atoms with Crippen molar-refractivity contribution in [3.8, 4) is 16.9 Å². The first-order chi connectivity index (χ1) is 15.4. The number of hydrogen-bond acceptors (Lipinski definition) is 5. The average molecular weight is 466 g/mol. The number of nitrogens with zero attached hydrogens (tertiary/aromatic N) is 3. The largest absolute Gasteiger partial charge is 0.326 e. The first-order valence-corrected chi connectivity index (χ1v) is 11.2. The first-order valence-electron chi connectivity index (χ1n) is 9.92. The highest BCUT2D eigenvalue weighted by molar-refractivity contribution is 7.14. The lowest BCUT2D eigenvalue weighted by Gasteiger charge is -2.08. The van der Waals surface area contributed by atoms with Crippen LogP contribution in [-0.4, -0.2) is 26.6 Å². The van der Waals surface area contributed by atoms with Crippen LogP contribution in [0.3, 0.4) is 0 Å². The molecule has 32 heavy (non-hydrogen) atoms. The van der Waals surface area contributed by atoms with Crippen molar-refractivity contribution in [1.29, 1.82) is 0 Å². The number of nitrogens with one attached hydrogen (secondary N) is 2. The molecule has 4 aromatic rings. The highest BCUT2D eigenvalue weighted by Crippen LogP contribution is 2.27. The zero-order valence-corrected chi connectivity index (χ0v) is 19.0. The molecule has 2 aromatic heterocycles. The molecule has 0 saturated heterocycles. The van der Waals surface area contributed by atoms with Crippen LogP contribution < -0.4 is 10.6 Å². The molecule has 0 fully saturated rings. The van der Waals surface area contributed by atoms with E-state index in [1.165, 1.54) is 18.3 Å². The van der Waals surface area contributed by atoms with E-state index >= 15 is 0 Å². The Morgan fingerprint density at radius 2 is 1.91 bits per heavy atom. The number of carbonyl (C=O) groups excluding carboxylic acids is 2. The Balaban J connectivity index is 1.52. The maximum absolute atomic E-state index is 12.9. The van der Waals surface area contributed by atoms with Crippen LogP contribution in [0.15, 0.2) is 60.1 Å². The summed E-state index contributed by atoms with van der Waals surface area (Å²) >= 11 is 7.45. The molecule has 0 spiro atoms. The van der Waals surface area contributed by atoms with Gasteiger partial charge in [-0.3, -0.25) is 14.9 Å². The number of benzene rings is 2. The lowest BCUT2D eigenvalue weighted by Crippen LogP contribution is -2.14. The van der Waals surface area contributed by atoms with E-state index in [-0.39, 0.29) is 11.8 Å². The van der Waals surface area contributed by atoms with Crippen LogP contribution in [0.4, 0.5) is 10.8 Å². The molecule has 0 saturated carbocycles. The molecule has 2 heterocycles. The molecule has 0 aliphatic carbocycles. The summed E-state index contributed by atoms with van der Waals surface area (Å²) < 4.78 is 1.73. The van der Waals surface area contributed by atoms with Crippen molar-refractivity contribution >= 4 is 45.6 Å². The minimum Gasteiger partial charge on any atom is -0.326 e. The minimum absolute atomic E-state index is 0.124. The molecule has 9 heteroatoms. The van der Waals surface area contributed by atoms with Gasteiger partial charge in [0.05, 0.1) is 28.8 Å². The van der Waals surface area contributed by atoms with Gasteiger partial charge >= 0.3 is 0 Å². The van der Waals surface area contributed by atoms with E-state index in [2.05, 4.69) is 20.7 Å². The van der Waals surface area contributed by atoms with Gasteiger partial charge < -0.3 is 5.32 Å². The van der Waals surface area contributed by atoms with E-state index in [1.54, 1.807) is 23.0 Å². The molecule has 0 aliphatic rings. The fourth-order valence-corrected chi connectivity index (χ4v) is 4.19. The van der Waals surface area contributed by atoms with Crippen molar-refractivity contribution in [1.82, 2.24) is 14.8 Å². The summed E-state index contributed by atoms with van der Waals surface area (Å²) in [5.74, 6) is -0.390. The number of halogens is 1. The topological polar surface area (TPSA) is 88.9 Å². The number of thiazole rings is 1. The van der Waals surface area contributed by atoms with Crippen molar-refractivity contribution in [2.75, 3.05) is 10.6 Å². The maximum Gasteiger partial charge on any atom is 0.260 e. The van der Waals surface area contributed by atoms with Gasteiger partial charge in [0.15, 0.2) is 5.13 Å². The third-order valence-electron chi connectivity index (χ3n) is 4.73. The van der Waals surface area contributed by atoms with Crippen LogP contribution >= 0.6 is 22.9 Å². The van der Waals surface area contributed by atoms with E-state index in [0.29, 0.717) is 27.8 Å². The molecule has 0 aliphatic heterocycles. The third kappa shape index (κ3) is 4.71. The van der Waals surface area contributed by atoms with E-state index in [9.17, 15) is 9.59 Å². The van der Waals surface area contributed by atoms with Gasteiger partial charge in [0, 0.05) is 28.6 Å². The molecule has 162 valence electrons. The third-order valence-corrected chi connectivity index (χ3v) is 5.72. The highest BCUT2D eigenvalue weighted by atomic mass is 35.5. The lowest BCUT2D eigenvalue weighted by molar-refractivity contribution is -0.114. The Morgan fingerprint density at radius 3 is 2.59 bits per heavy atom. The fraction of sp³-hybridized carbons (Fsp3) is 0.130. The van der Waals surface area contributed by atoms with Gasteiger partial charge in [-0.1, -0.05) is 36.7 Å². The summed E-state index contributed by atoms with van der Waals surface area (Å²) in [6.07, 6.45) is 2.18. The number of amides is 2. The number of anilines is 2. The summed E-state index contributed by atoms with van der Waals surface area (Å²) in [5, 5.41) is 13.0. The Labute approximate surface area is 194 Å². The van der Waals surface area contributed by atoms with Crippen molar-refractivity contribution in [2.24, 2.45) is 0 Å². The number of carbonyl (C=O) groups is 2. The summed E-state index contributed by atoms with van der Waals surface area (Å²) in [6.45, 7) is 3.44. The Hall–Kier alpha value is -3.49. The van der Waals surface area contributed by atoms with Crippen LogP contribution in [0.5, 0.6) is 0 Å². The van der Waals surface area contributed by atoms with Crippen LogP contribution in [0.2, 0.25) is 5.02 Å². The monoisotopic (exact) mass is 465 g/mol. The second-order valence-electron chi connectivity index (χ2n) is 7.00. The van der Waals surface area contributed by atoms with Crippen molar-refractivity contribution in [2.45, 2.75) is 20.3 Å². The Kier molecular flexibility index (Phi) is 6.34. The van der Waals surface area contributed by atoms with Gasteiger partial charge in [0.1, 0.15) is 0 Å². The molecular formula is C23H20ClN5O2S. The lowest BCUT2D eigenvalue weighted by atomic mass is 10.1. The van der Waals surface area contributed by atoms with Crippen LogP contribution in [-0.2, 0) is 11.2 Å². The smallest absolute Gasteiger partial charge is 0.260 e. The Bertz CT molecular complexity index is 1280. The zero-order valence-electron chi connectivity index (χ0n) is 17.4. The van der Waals surface area contributed by atoms with Gasteiger partial charge in [0.2, 0.25) is 5.91 Å².